The van der Waals surface area contributed by atoms with Crippen molar-refractivity contribution in [3.05, 3.63) is 44.6 Å². The molecule has 0 N–H and O–H groups in total. The van der Waals surface area contributed by atoms with E-state index in [2.05, 4.69) is 20.1 Å². The van der Waals surface area contributed by atoms with Gasteiger partial charge < -0.3 is 0 Å². The smallest absolute Gasteiger partial charge is 0.0893 e. The van der Waals surface area contributed by atoms with Gasteiger partial charge in [0, 0.05) is 15.5 Å². The van der Waals surface area contributed by atoms with E-state index in [0.717, 1.165) is 11.0 Å². The Morgan fingerprint density at radius 3 is 2.64 bits per heavy atom. The van der Waals surface area contributed by atoms with Gasteiger partial charge in [0.15, 0.2) is 0 Å². The molecule has 1 rings (SSSR count). The molecule has 0 aliphatic rings. The summed E-state index contributed by atoms with van der Waals surface area (Å²) in [6.07, 6.45) is 0. The molecular weight excluding hydrogens is 179 g/mol. The Bertz CT molecular complexity index is 430. The maximum atomic E-state index is 8.25. The fraction of sp³-hybridized carbons (Fsp3) is 0.143. The van der Waals surface area contributed by atoms with Crippen LogP contribution in [0.25, 0.3) is 20.9 Å². The highest BCUT2D eigenvalue weighted by atomic mass is 15.1. The van der Waals surface area contributed by atoms with E-state index < -0.39 is 0 Å². The minimum absolute atomic E-state index is 0.270. The molecule has 0 aliphatic heterocycles. The lowest BCUT2D eigenvalue weighted by atomic mass is 9.94. The molecule has 0 fully saturated rings. The van der Waals surface area contributed by atoms with Crippen molar-refractivity contribution < 1.29 is 0 Å². The molecule has 0 aliphatic carbocycles. The van der Waals surface area contributed by atoms with Crippen LogP contribution in [0, 0.1) is 0 Å². The average molecular weight is 186 g/mol. The standard InChI is InChI=1S/C7H7BN6/c8-6-1-5(4-11-13-9)2-7(3-6)12-14-10/h1-3H,4,8H2. The second-order valence-corrected chi connectivity index (χ2v) is 2.76. The third-order valence-electron chi connectivity index (χ3n) is 1.60. The first-order chi connectivity index (χ1) is 6.76. The van der Waals surface area contributed by atoms with Gasteiger partial charge in [-0.05, 0) is 22.7 Å². The molecule has 14 heavy (non-hydrogen) atoms. The van der Waals surface area contributed by atoms with Crippen molar-refractivity contribution >= 4 is 19.0 Å². The molecule has 68 valence electrons. The Morgan fingerprint density at radius 2 is 2.00 bits per heavy atom. The van der Waals surface area contributed by atoms with Crippen molar-refractivity contribution in [2.75, 3.05) is 0 Å². The molecule has 7 heteroatoms. The summed E-state index contributed by atoms with van der Waals surface area (Å²) in [7, 11) is 1.88. The number of rotatable bonds is 3. The molecule has 1 aromatic carbocycles. The van der Waals surface area contributed by atoms with Crippen LogP contribution in [0.4, 0.5) is 5.69 Å². The summed E-state index contributed by atoms with van der Waals surface area (Å²) in [4.78, 5) is 5.35. The van der Waals surface area contributed by atoms with Crippen LogP contribution < -0.4 is 5.46 Å². The molecule has 0 radical (unpaired) electrons. The monoisotopic (exact) mass is 186 g/mol. The fourth-order valence-corrected chi connectivity index (χ4v) is 1.15. The number of azide groups is 2. The maximum absolute atomic E-state index is 8.25. The third-order valence-corrected chi connectivity index (χ3v) is 1.60. The van der Waals surface area contributed by atoms with Crippen LogP contribution in [0.15, 0.2) is 28.4 Å². The summed E-state index contributed by atoms with van der Waals surface area (Å²) in [5.41, 5.74) is 18.7. The van der Waals surface area contributed by atoms with Crippen LogP contribution in [0.2, 0.25) is 0 Å². The summed E-state index contributed by atoms with van der Waals surface area (Å²) in [5, 5.41) is 6.91. The summed E-state index contributed by atoms with van der Waals surface area (Å²) in [5.74, 6) is 0. The molecule has 0 saturated heterocycles. The average Bonchev–Trinajstić information content (AvgIpc) is 2.14. The SMILES string of the molecule is Bc1cc(CN=[N+]=[N-])cc(N=[N+]=[N-])c1. The highest BCUT2D eigenvalue weighted by Gasteiger charge is 1.95. The van der Waals surface area contributed by atoms with Crippen LogP contribution in [-0.2, 0) is 6.54 Å². The summed E-state index contributed by atoms with van der Waals surface area (Å²) in [6, 6.07) is 5.34. The molecule has 0 atom stereocenters. The lowest BCUT2D eigenvalue weighted by molar-refractivity contribution is 1.05. The van der Waals surface area contributed by atoms with Gasteiger partial charge in [0.2, 0.25) is 0 Å². The van der Waals surface area contributed by atoms with E-state index in [4.69, 9.17) is 11.1 Å². The highest BCUT2D eigenvalue weighted by Crippen LogP contribution is 2.13. The lowest BCUT2D eigenvalue weighted by Crippen LogP contribution is -2.02. The minimum atomic E-state index is 0.270. The summed E-state index contributed by atoms with van der Waals surface area (Å²) in [6.45, 7) is 0.270. The number of hydrogen-bond acceptors (Lipinski definition) is 2. The van der Waals surface area contributed by atoms with E-state index in [1.165, 1.54) is 0 Å². The first kappa shape index (κ1) is 9.99. The second-order valence-electron chi connectivity index (χ2n) is 2.76. The molecule has 0 heterocycles. The number of benzene rings is 1. The largest absolute Gasteiger partial charge is 0.139 e. The first-order valence-corrected chi connectivity index (χ1v) is 3.93. The normalized spacial score (nSPS) is 8.57. The van der Waals surface area contributed by atoms with E-state index >= 15 is 0 Å². The Kier molecular flexibility index (Phi) is 3.44. The molecule has 6 nitrogen and oxygen atoms in total. The first-order valence-electron chi connectivity index (χ1n) is 3.93. The quantitative estimate of drug-likeness (QED) is 0.297. The molecule has 0 amide bonds. The van der Waals surface area contributed by atoms with Gasteiger partial charge in [0.1, 0.15) is 7.85 Å². The second kappa shape index (κ2) is 4.82. The van der Waals surface area contributed by atoms with Gasteiger partial charge in [0.05, 0.1) is 6.54 Å². The van der Waals surface area contributed by atoms with Crippen LogP contribution in [0.5, 0.6) is 0 Å². The zero-order chi connectivity index (χ0) is 10.4. The molecule has 0 unspecified atom stereocenters. The Morgan fingerprint density at radius 1 is 1.21 bits per heavy atom. The third kappa shape index (κ3) is 2.75. The van der Waals surface area contributed by atoms with Gasteiger partial charge in [-0.2, -0.15) is 0 Å². The van der Waals surface area contributed by atoms with Crippen molar-refractivity contribution in [1.29, 1.82) is 0 Å². The van der Waals surface area contributed by atoms with E-state index in [0.29, 0.717) is 5.69 Å². The van der Waals surface area contributed by atoms with E-state index in [9.17, 15) is 0 Å². The van der Waals surface area contributed by atoms with Crippen molar-refractivity contribution in [3.8, 4) is 0 Å². The predicted octanol–water partition coefficient (Wildman–Crippen LogP) is 1.70. The van der Waals surface area contributed by atoms with Crippen LogP contribution in [-0.4, -0.2) is 7.85 Å². The van der Waals surface area contributed by atoms with Crippen LogP contribution in [0.3, 0.4) is 0 Å². The molecular formula is C7H7BN6. The van der Waals surface area contributed by atoms with Gasteiger partial charge in [-0.15, -0.1) is 0 Å². The molecule has 1 aromatic rings. The minimum Gasteiger partial charge on any atom is -0.0893 e. The molecule has 0 aromatic heterocycles. The Hall–Kier alpha value is -2.10. The lowest BCUT2D eigenvalue weighted by Gasteiger charge is -2.00. The van der Waals surface area contributed by atoms with Gasteiger partial charge in [-0.1, -0.05) is 27.8 Å². The molecule has 0 spiro atoms. The summed E-state index contributed by atoms with van der Waals surface area (Å²) >= 11 is 0. The van der Waals surface area contributed by atoms with Crippen molar-refractivity contribution in [2.24, 2.45) is 10.2 Å². The van der Waals surface area contributed by atoms with Gasteiger partial charge in [0.25, 0.3) is 0 Å². The predicted molar refractivity (Wildman–Crippen MR) is 56.3 cm³/mol. The maximum Gasteiger partial charge on any atom is 0.139 e. The van der Waals surface area contributed by atoms with E-state index in [-0.39, 0.29) is 6.54 Å². The van der Waals surface area contributed by atoms with Crippen LogP contribution >= 0.6 is 0 Å². The Balaban J connectivity index is 3.05. The van der Waals surface area contributed by atoms with Crippen molar-refractivity contribution in [2.45, 2.75) is 6.54 Å². The van der Waals surface area contributed by atoms with E-state index in [1.807, 2.05) is 13.9 Å². The fourth-order valence-electron chi connectivity index (χ4n) is 1.15. The zero-order valence-electron chi connectivity index (χ0n) is 7.62. The van der Waals surface area contributed by atoms with Gasteiger partial charge in [-0.3, -0.25) is 0 Å². The number of hydrogen-bond donors (Lipinski definition) is 0. The van der Waals surface area contributed by atoms with Crippen molar-refractivity contribution in [3.63, 3.8) is 0 Å². The zero-order valence-corrected chi connectivity index (χ0v) is 7.62. The molecule has 0 bridgehead atoms. The number of nitrogens with zero attached hydrogens (tertiary/aromatic N) is 6. The van der Waals surface area contributed by atoms with Gasteiger partial charge >= 0.3 is 0 Å². The van der Waals surface area contributed by atoms with Crippen molar-refractivity contribution in [1.82, 2.24) is 0 Å². The van der Waals surface area contributed by atoms with E-state index in [1.54, 1.807) is 12.1 Å². The molecule has 0 saturated carbocycles. The topological polar surface area (TPSA) is 97.5 Å². The summed E-state index contributed by atoms with van der Waals surface area (Å²) < 4.78 is 0. The van der Waals surface area contributed by atoms with Crippen LogP contribution in [0.1, 0.15) is 5.56 Å². The Labute approximate surface area is 81.2 Å². The van der Waals surface area contributed by atoms with Gasteiger partial charge in [-0.25, -0.2) is 0 Å². The highest BCUT2D eigenvalue weighted by molar-refractivity contribution is 6.32.